The number of hydrogen-bond acceptors (Lipinski definition) is 21. The van der Waals surface area contributed by atoms with Crippen LogP contribution >= 0.6 is 0 Å². The molecular weight excluding hydrogens is 1320 g/mol. The first kappa shape index (κ1) is 72.2. The summed E-state index contributed by atoms with van der Waals surface area (Å²) in [6.45, 7) is 10.2. The third-order valence-electron chi connectivity index (χ3n) is 15.4. The molecule has 31 heteroatoms. The molecule has 0 saturated heterocycles. The average Bonchev–Trinajstić information content (AvgIpc) is 1.55. The molecule has 0 fully saturated rings. The molecule has 24 nitrogen and oxygen atoms in total. The summed E-state index contributed by atoms with van der Waals surface area (Å²) in [6, 6.07) is 26.3. The van der Waals surface area contributed by atoms with Crippen LogP contribution in [0.15, 0.2) is 162 Å². The highest BCUT2D eigenvalue weighted by Crippen LogP contribution is 2.35. The van der Waals surface area contributed by atoms with E-state index >= 15 is 0 Å². The van der Waals surface area contributed by atoms with Gasteiger partial charge in [0.1, 0.15) is 47.4 Å². The quantitative estimate of drug-likeness (QED) is 0.0634. The largest absolute Gasteiger partial charge is 0.496 e. The van der Waals surface area contributed by atoms with Gasteiger partial charge in [0.2, 0.25) is 5.89 Å². The number of halogens is 7. The lowest BCUT2D eigenvalue weighted by atomic mass is 10.1. The zero-order valence-electron chi connectivity index (χ0n) is 56.1. The Hall–Kier alpha value is -11.6. The predicted octanol–water partition coefficient (Wildman–Crippen LogP) is 12.7. The minimum Gasteiger partial charge on any atom is -0.496 e. The fraction of sp³-hybridized carbons (Fsp3) is 0.257. The molecule has 0 bridgehead atoms. The van der Waals surface area contributed by atoms with E-state index in [1.54, 1.807) is 49.0 Å². The number of aromatic nitrogens is 14. The van der Waals surface area contributed by atoms with Gasteiger partial charge in [-0.15, -0.1) is 20.4 Å². The highest BCUT2D eigenvalue weighted by Gasteiger charge is 2.30. The summed E-state index contributed by atoms with van der Waals surface area (Å²) in [6.07, 6.45) is -0.639. The lowest BCUT2D eigenvalue weighted by Crippen LogP contribution is -2.27. The van der Waals surface area contributed by atoms with Gasteiger partial charge in [0.25, 0.3) is 34.3 Å². The standard InChI is InChI=1S/C24H24FN5O2.C23H21F3N6O3.C23H21F3N6O2.3H2/c1-14(2)30-13-17(6-8-23(30)31)21-12-27-15(3)24(28-21)22-10-20(29-32-22)18-7-5-16(11-26-4)9-19(18)25;1-13-20(22-31-30-21(35-22)16-6-4-14(9-27-2)8-18(16)34-3)29-17(10-28-13)15-5-7-19(33)32(11-15)12-23(24,25)26;1-13-8-15(9-27-3)4-6-17(13)21-30-31-22(34-21)20-14(2)28-10-18(29-20)16-5-7-19(33)32(11-16)12-23(24,25)26;;;/h5-10,12-14,26H,11H2,1-4H3;4-8,10-11,27H,9,12H2,1-3H3;4-8,10-11,27H,9,12H2,1-3H3;3*1H. The minimum absolute atomic E-state index is 0. The van der Waals surface area contributed by atoms with Crippen LogP contribution in [0.1, 0.15) is 63.5 Å². The minimum atomic E-state index is -4.54. The van der Waals surface area contributed by atoms with Crippen LogP contribution in [-0.2, 0) is 32.7 Å². The van der Waals surface area contributed by atoms with E-state index in [0.29, 0.717) is 96.2 Å². The highest BCUT2D eigenvalue weighted by molar-refractivity contribution is 5.70. The van der Waals surface area contributed by atoms with E-state index in [2.05, 4.69) is 66.4 Å². The van der Waals surface area contributed by atoms with Gasteiger partial charge in [-0.1, -0.05) is 29.4 Å². The van der Waals surface area contributed by atoms with E-state index in [0.717, 1.165) is 64.5 Å². The number of nitrogens with zero attached hydrogens (tertiary/aromatic N) is 14. The lowest BCUT2D eigenvalue weighted by molar-refractivity contribution is -0.142. The van der Waals surface area contributed by atoms with E-state index in [1.807, 2.05) is 91.3 Å². The van der Waals surface area contributed by atoms with Crippen LogP contribution < -0.4 is 37.4 Å². The molecule has 0 spiro atoms. The number of pyridine rings is 3. The average molecular weight is 1400 g/mol. The summed E-state index contributed by atoms with van der Waals surface area (Å²) in [7, 11) is 7.06. The van der Waals surface area contributed by atoms with Crippen LogP contribution in [0.5, 0.6) is 5.75 Å². The van der Waals surface area contributed by atoms with Gasteiger partial charge in [-0.25, -0.2) is 19.3 Å². The van der Waals surface area contributed by atoms with Gasteiger partial charge in [0, 0.05) is 101 Å². The molecule has 12 aromatic rings. The second kappa shape index (κ2) is 31.1. The molecule has 3 N–H and O–H groups in total. The maximum Gasteiger partial charge on any atom is 0.406 e. The molecule has 0 atom stereocenters. The van der Waals surface area contributed by atoms with E-state index < -0.39 is 36.6 Å². The van der Waals surface area contributed by atoms with Crippen molar-refractivity contribution in [2.24, 2.45) is 0 Å². The van der Waals surface area contributed by atoms with E-state index in [-0.39, 0.29) is 62.0 Å². The van der Waals surface area contributed by atoms with Crippen molar-refractivity contribution in [3.8, 4) is 108 Å². The maximum atomic E-state index is 14.6. The summed E-state index contributed by atoms with van der Waals surface area (Å²) in [4.78, 5) is 62.4. The van der Waals surface area contributed by atoms with Gasteiger partial charge in [-0.05, 0) is 133 Å². The molecule has 528 valence electrons. The molecule has 0 aliphatic heterocycles. The van der Waals surface area contributed by atoms with E-state index in [4.69, 9.17) is 23.1 Å². The number of hydrogen-bond donors (Lipinski definition) is 3. The summed E-state index contributed by atoms with van der Waals surface area (Å²) in [5.41, 5.74) is 9.57. The number of aryl methyl sites for hydroxylation is 4. The van der Waals surface area contributed by atoms with Gasteiger partial charge in [-0.2, -0.15) is 26.3 Å². The van der Waals surface area contributed by atoms with Crippen LogP contribution in [0.3, 0.4) is 0 Å². The fourth-order valence-electron chi connectivity index (χ4n) is 10.4. The molecule has 0 unspecified atom stereocenters. The summed E-state index contributed by atoms with van der Waals surface area (Å²) < 4.78 is 117. The van der Waals surface area contributed by atoms with Crippen molar-refractivity contribution in [3.05, 3.63) is 210 Å². The molecule has 0 radical (unpaired) electrons. The Morgan fingerprint density at radius 1 is 0.505 bits per heavy atom. The first-order valence-corrected chi connectivity index (χ1v) is 31.1. The maximum absolute atomic E-state index is 14.6. The van der Waals surface area contributed by atoms with Crippen molar-refractivity contribution in [1.82, 2.24) is 85.1 Å². The molecule has 3 aromatic carbocycles. The molecule has 0 amide bonds. The number of benzene rings is 3. The third-order valence-corrected chi connectivity index (χ3v) is 15.4. The normalized spacial score (nSPS) is 11.5. The van der Waals surface area contributed by atoms with Crippen LogP contribution in [-0.4, -0.2) is 110 Å². The van der Waals surface area contributed by atoms with Crippen molar-refractivity contribution in [1.29, 1.82) is 0 Å². The Labute approximate surface area is 575 Å². The van der Waals surface area contributed by atoms with Crippen molar-refractivity contribution in [2.45, 2.75) is 92.7 Å². The number of rotatable bonds is 19. The van der Waals surface area contributed by atoms with Crippen LogP contribution in [0.2, 0.25) is 0 Å². The zero-order valence-corrected chi connectivity index (χ0v) is 56.1. The van der Waals surface area contributed by atoms with Crippen LogP contribution in [0, 0.1) is 33.5 Å². The second-order valence-corrected chi connectivity index (χ2v) is 23.3. The van der Waals surface area contributed by atoms with Crippen molar-refractivity contribution in [2.75, 3.05) is 28.3 Å². The Kier molecular flexibility index (Phi) is 22.2. The van der Waals surface area contributed by atoms with E-state index in [1.165, 1.54) is 43.8 Å². The van der Waals surface area contributed by atoms with Crippen molar-refractivity contribution < 1.29 is 53.1 Å². The van der Waals surface area contributed by atoms with Crippen LogP contribution in [0.25, 0.3) is 103 Å². The Morgan fingerprint density at radius 3 is 1.40 bits per heavy atom. The lowest BCUT2D eigenvalue weighted by Gasteiger charge is -2.11. The SMILES string of the molecule is CNCc1ccc(-c2cc(-c3nc(-c4ccc(=O)n(C(C)C)c4)cnc3C)on2)c(F)c1.CNCc1ccc(-c2nnc(-c3nc(-c4ccc(=O)n(CC(F)(F)F)c4)cnc3C)o2)c(C)c1.CNCc1ccc(-c2nnc(-c3nc(-c4ccc(=O)n(CC(F)(F)F)c4)cnc3C)o2)c(OC)c1.[HH].[HH].[HH]. The molecule has 0 aliphatic rings. The van der Waals surface area contributed by atoms with Gasteiger partial charge in [0.05, 0.1) is 65.4 Å². The van der Waals surface area contributed by atoms with Gasteiger partial charge in [0.15, 0.2) is 5.76 Å². The fourth-order valence-corrected chi connectivity index (χ4v) is 10.4. The molecule has 9 aromatic heterocycles. The summed E-state index contributed by atoms with van der Waals surface area (Å²) in [5.74, 6) is 1.30. The zero-order chi connectivity index (χ0) is 72.4. The number of alkyl halides is 6. The summed E-state index contributed by atoms with van der Waals surface area (Å²) in [5, 5.41) is 29.6. The Morgan fingerprint density at radius 2 is 0.931 bits per heavy atom. The van der Waals surface area contributed by atoms with Crippen molar-refractivity contribution in [3.63, 3.8) is 0 Å². The van der Waals surface area contributed by atoms with E-state index in [9.17, 15) is 45.1 Å². The predicted molar refractivity (Wildman–Crippen MR) is 366 cm³/mol. The monoisotopic (exact) mass is 1400 g/mol. The topological polar surface area (TPSA) is 293 Å². The van der Waals surface area contributed by atoms with Gasteiger partial charge in [-0.3, -0.25) is 29.3 Å². The second-order valence-electron chi connectivity index (χ2n) is 23.3. The van der Waals surface area contributed by atoms with Gasteiger partial charge >= 0.3 is 12.4 Å². The first-order valence-electron chi connectivity index (χ1n) is 31.1. The number of methoxy groups -OCH3 is 1. The Bertz CT molecular complexity index is 5160. The molecule has 9 heterocycles. The summed E-state index contributed by atoms with van der Waals surface area (Å²) >= 11 is 0. The molecule has 0 aliphatic carbocycles. The number of nitrogens with one attached hydrogen (secondary N) is 3. The highest BCUT2D eigenvalue weighted by atomic mass is 19.4. The first-order chi connectivity index (χ1) is 48.2. The van der Waals surface area contributed by atoms with Crippen LogP contribution in [0.4, 0.5) is 30.7 Å². The molecule has 101 heavy (non-hydrogen) atoms. The smallest absolute Gasteiger partial charge is 0.406 e. The third kappa shape index (κ3) is 17.7. The van der Waals surface area contributed by atoms with Gasteiger partial charge < -0.3 is 47.7 Å². The molecule has 12 rings (SSSR count). The number of ether oxygens (including phenoxy) is 1. The molecule has 0 saturated carbocycles. The molecular formula is C70H72F7N17O7. The Balaban J connectivity index is 0.000000215. The van der Waals surface area contributed by atoms with Crippen molar-refractivity contribution >= 4 is 0 Å².